The van der Waals surface area contributed by atoms with E-state index in [-0.39, 0.29) is 13.1 Å². The van der Waals surface area contributed by atoms with Crippen LogP contribution in [0.15, 0.2) is 46.4 Å². The predicted molar refractivity (Wildman–Crippen MR) is 118 cm³/mol. The molecular formula is C22H22N4O6. The average Bonchev–Trinajstić information content (AvgIpc) is 2.74. The van der Waals surface area contributed by atoms with Crippen LogP contribution in [0.25, 0.3) is 0 Å². The first-order chi connectivity index (χ1) is 15.3. The van der Waals surface area contributed by atoms with Crippen LogP contribution in [0.5, 0.6) is 0 Å². The number of isocyanates is 2. The Morgan fingerprint density at radius 1 is 0.781 bits per heavy atom. The van der Waals surface area contributed by atoms with Crippen molar-refractivity contribution in [1.29, 1.82) is 0 Å². The molecule has 0 atom stereocenters. The molecule has 0 aromatic heterocycles. The highest BCUT2D eigenvalue weighted by Gasteiger charge is 2.18. The predicted octanol–water partition coefficient (Wildman–Crippen LogP) is 4.69. The number of hydrogen-bond acceptors (Lipinski definition) is 6. The van der Waals surface area contributed by atoms with E-state index in [1.807, 2.05) is 0 Å². The van der Waals surface area contributed by atoms with Crippen LogP contribution in [0.1, 0.15) is 24.0 Å². The van der Waals surface area contributed by atoms with Crippen LogP contribution in [0.2, 0.25) is 0 Å². The summed E-state index contributed by atoms with van der Waals surface area (Å²) in [7, 11) is 0. The van der Waals surface area contributed by atoms with Gasteiger partial charge in [0.15, 0.2) is 0 Å². The van der Waals surface area contributed by atoms with Crippen LogP contribution < -0.4 is 9.80 Å². The van der Waals surface area contributed by atoms with E-state index in [1.54, 1.807) is 38.1 Å². The number of aryl methyl sites for hydroxylation is 2. The van der Waals surface area contributed by atoms with Gasteiger partial charge in [0, 0.05) is 24.5 Å². The molecule has 0 saturated heterocycles. The Kier molecular flexibility index (Phi) is 8.42. The molecule has 0 aliphatic carbocycles. The summed E-state index contributed by atoms with van der Waals surface area (Å²) in [5.74, 6) is 0. The maximum absolute atomic E-state index is 11.7. The van der Waals surface area contributed by atoms with Crippen molar-refractivity contribution in [2.24, 2.45) is 9.98 Å². The molecule has 0 fully saturated rings. The van der Waals surface area contributed by atoms with Gasteiger partial charge in [-0.05, 0) is 62.1 Å². The summed E-state index contributed by atoms with van der Waals surface area (Å²) in [5.41, 5.74) is 2.76. The van der Waals surface area contributed by atoms with Crippen molar-refractivity contribution in [2.45, 2.75) is 26.7 Å². The molecule has 2 rings (SSSR count). The molecule has 0 spiro atoms. The van der Waals surface area contributed by atoms with E-state index >= 15 is 0 Å². The maximum Gasteiger partial charge on any atom is 0.411 e. The van der Waals surface area contributed by atoms with E-state index in [1.165, 1.54) is 24.3 Å². The molecule has 166 valence electrons. The first-order valence-corrected chi connectivity index (χ1v) is 9.66. The van der Waals surface area contributed by atoms with Crippen molar-refractivity contribution in [2.75, 3.05) is 22.9 Å². The van der Waals surface area contributed by atoms with E-state index in [9.17, 15) is 29.4 Å². The third-order valence-electron chi connectivity index (χ3n) is 4.82. The van der Waals surface area contributed by atoms with Gasteiger partial charge >= 0.3 is 12.2 Å². The van der Waals surface area contributed by atoms with E-state index < -0.39 is 12.2 Å². The lowest BCUT2D eigenvalue weighted by Crippen LogP contribution is -2.33. The average molecular weight is 438 g/mol. The molecule has 0 aliphatic rings. The van der Waals surface area contributed by atoms with Gasteiger partial charge in [0.25, 0.3) is 0 Å². The van der Waals surface area contributed by atoms with Crippen LogP contribution in [0.4, 0.5) is 32.3 Å². The zero-order valence-electron chi connectivity index (χ0n) is 17.6. The largest absolute Gasteiger partial charge is 0.465 e. The number of unbranched alkanes of at least 4 members (excludes halogenated alkanes) is 1. The summed E-state index contributed by atoms with van der Waals surface area (Å²) >= 11 is 0. The fourth-order valence-corrected chi connectivity index (χ4v) is 3.08. The van der Waals surface area contributed by atoms with Crippen LogP contribution in [-0.2, 0) is 9.59 Å². The second-order valence-corrected chi connectivity index (χ2v) is 6.92. The summed E-state index contributed by atoms with van der Waals surface area (Å²) < 4.78 is 0. The van der Waals surface area contributed by atoms with Crippen molar-refractivity contribution in [3.63, 3.8) is 0 Å². The minimum Gasteiger partial charge on any atom is -0.465 e. The Morgan fingerprint density at radius 2 is 1.16 bits per heavy atom. The van der Waals surface area contributed by atoms with Gasteiger partial charge in [-0.2, -0.15) is 9.98 Å². The molecule has 10 heteroatoms. The van der Waals surface area contributed by atoms with Gasteiger partial charge in [-0.15, -0.1) is 0 Å². The van der Waals surface area contributed by atoms with Crippen molar-refractivity contribution in [3.05, 3.63) is 47.5 Å². The normalized spacial score (nSPS) is 9.94. The number of hydrogen-bond donors (Lipinski definition) is 2. The Balaban J connectivity index is 2.10. The van der Waals surface area contributed by atoms with Gasteiger partial charge < -0.3 is 10.2 Å². The second-order valence-electron chi connectivity index (χ2n) is 6.92. The van der Waals surface area contributed by atoms with E-state index in [0.29, 0.717) is 46.7 Å². The SMILES string of the molecule is Cc1ccc(N(CCCCN(C(=O)O)c2ccc(C)c(N=C=O)c2)C(=O)O)cc1N=C=O. The Bertz CT molecular complexity index is 1020. The van der Waals surface area contributed by atoms with Crippen molar-refractivity contribution in [1.82, 2.24) is 0 Å². The molecule has 2 N–H and O–H groups in total. The lowest BCUT2D eigenvalue weighted by Gasteiger charge is -2.22. The highest BCUT2D eigenvalue weighted by atomic mass is 16.4. The van der Waals surface area contributed by atoms with Gasteiger partial charge in [0.2, 0.25) is 12.2 Å². The van der Waals surface area contributed by atoms with Crippen LogP contribution in [0, 0.1) is 13.8 Å². The minimum absolute atomic E-state index is 0.116. The van der Waals surface area contributed by atoms with Gasteiger partial charge in [-0.3, -0.25) is 9.80 Å². The molecule has 0 unspecified atom stereocenters. The number of amides is 2. The molecule has 2 aromatic carbocycles. The molecule has 0 saturated carbocycles. The molecule has 0 heterocycles. The number of anilines is 2. The number of carbonyl (C=O) groups is 2. The summed E-state index contributed by atoms with van der Waals surface area (Å²) in [6, 6.07) is 9.50. The number of carbonyl (C=O) groups excluding carboxylic acids is 2. The first kappa shape index (κ1) is 24.0. The van der Waals surface area contributed by atoms with E-state index in [0.717, 1.165) is 9.80 Å². The van der Waals surface area contributed by atoms with Gasteiger partial charge in [-0.25, -0.2) is 19.2 Å². The first-order valence-electron chi connectivity index (χ1n) is 9.66. The van der Waals surface area contributed by atoms with Crippen molar-refractivity contribution < 1.29 is 29.4 Å². The molecule has 0 aliphatic heterocycles. The second kappa shape index (κ2) is 11.2. The number of aliphatic imine (C=N–C) groups is 2. The number of benzene rings is 2. The van der Waals surface area contributed by atoms with Crippen molar-refractivity contribution in [3.8, 4) is 0 Å². The highest BCUT2D eigenvalue weighted by molar-refractivity contribution is 5.88. The monoisotopic (exact) mass is 438 g/mol. The van der Waals surface area contributed by atoms with Gasteiger partial charge in [0.1, 0.15) is 0 Å². The minimum atomic E-state index is -1.18. The van der Waals surface area contributed by atoms with Gasteiger partial charge in [0.05, 0.1) is 11.4 Å². The Hall–Kier alpha value is -4.26. The Morgan fingerprint density at radius 3 is 1.47 bits per heavy atom. The summed E-state index contributed by atoms with van der Waals surface area (Å²) in [5, 5.41) is 19.1. The van der Waals surface area contributed by atoms with E-state index in [2.05, 4.69) is 9.98 Å². The third-order valence-corrected chi connectivity index (χ3v) is 4.82. The summed E-state index contributed by atoms with van der Waals surface area (Å²) in [6.45, 7) is 3.71. The standard InChI is InChI=1S/C22H22N4O6/c1-15-5-7-17(11-19(15)23-13-27)25(21(29)30)9-3-4-10-26(22(31)32)18-8-6-16(2)20(12-18)24-14-28/h5-8,11-12H,3-4,9-10H2,1-2H3,(H,29,30)(H,31,32). The van der Waals surface area contributed by atoms with Crippen LogP contribution in [0.3, 0.4) is 0 Å². The highest BCUT2D eigenvalue weighted by Crippen LogP contribution is 2.27. The fourth-order valence-electron chi connectivity index (χ4n) is 3.08. The smallest absolute Gasteiger partial charge is 0.411 e. The Labute approximate surface area is 184 Å². The van der Waals surface area contributed by atoms with Gasteiger partial charge in [-0.1, -0.05) is 12.1 Å². The topological polar surface area (TPSA) is 140 Å². The van der Waals surface area contributed by atoms with Crippen LogP contribution in [-0.4, -0.2) is 47.6 Å². The number of rotatable bonds is 9. The lowest BCUT2D eigenvalue weighted by molar-refractivity contribution is 0.199. The zero-order chi connectivity index (χ0) is 23.7. The molecule has 10 nitrogen and oxygen atoms in total. The van der Waals surface area contributed by atoms with Crippen LogP contribution >= 0.6 is 0 Å². The fraction of sp³-hybridized carbons (Fsp3) is 0.273. The zero-order valence-corrected chi connectivity index (χ0v) is 17.6. The molecule has 0 radical (unpaired) electrons. The third kappa shape index (κ3) is 6.12. The molecule has 32 heavy (non-hydrogen) atoms. The molecule has 2 amide bonds. The molecular weight excluding hydrogens is 416 g/mol. The molecule has 0 bridgehead atoms. The molecule has 2 aromatic rings. The number of nitrogens with zero attached hydrogens (tertiary/aromatic N) is 4. The van der Waals surface area contributed by atoms with E-state index in [4.69, 9.17) is 0 Å². The quantitative estimate of drug-likeness (QED) is 0.331. The number of carboxylic acid groups (broad SMARTS) is 2. The van der Waals surface area contributed by atoms with Crippen molar-refractivity contribution >= 4 is 47.1 Å². The maximum atomic E-state index is 11.7. The lowest BCUT2D eigenvalue weighted by atomic mass is 10.1. The summed E-state index contributed by atoms with van der Waals surface area (Å²) in [4.78, 5) is 53.9. The summed E-state index contributed by atoms with van der Waals surface area (Å²) in [6.07, 6.45) is 1.28.